The summed E-state index contributed by atoms with van der Waals surface area (Å²) < 4.78 is 24.8. The Labute approximate surface area is 82.7 Å². The van der Waals surface area contributed by atoms with E-state index in [9.17, 15) is 18.4 Å². The quantitative estimate of drug-likeness (QED) is 0.626. The number of nitrogens with one attached hydrogen (secondary N) is 1. The van der Waals surface area contributed by atoms with Gasteiger partial charge in [0.1, 0.15) is 0 Å². The number of carbonyl (C=O) groups excluding carboxylic acids is 1. The van der Waals surface area contributed by atoms with Crippen LogP contribution in [-0.4, -0.2) is 11.3 Å². The SMILES string of the molecule is O=Cc1c[nH]c(=O)c(C(F)F)c1CCl. The van der Waals surface area contributed by atoms with E-state index >= 15 is 0 Å². The first kappa shape index (κ1) is 10.8. The minimum absolute atomic E-state index is 0.0186. The summed E-state index contributed by atoms with van der Waals surface area (Å²) in [4.78, 5) is 23.5. The lowest BCUT2D eigenvalue weighted by atomic mass is 10.1. The zero-order chi connectivity index (χ0) is 10.7. The molecule has 0 aliphatic heterocycles. The highest BCUT2D eigenvalue weighted by Gasteiger charge is 2.19. The van der Waals surface area contributed by atoms with Gasteiger partial charge in [0.25, 0.3) is 12.0 Å². The summed E-state index contributed by atoms with van der Waals surface area (Å²) in [6, 6.07) is 0. The molecule has 0 aromatic carbocycles. The Kier molecular flexibility index (Phi) is 3.35. The molecular weight excluding hydrogens is 216 g/mol. The number of rotatable bonds is 3. The Hall–Kier alpha value is -1.23. The average molecular weight is 222 g/mol. The predicted octanol–water partition coefficient (Wildman–Crippen LogP) is 1.86. The van der Waals surface area contributed by atoms with E-state index in [0.29, 0.717) is 6.29 Å². The van der Waals surface area contributed by atoms with E-state index in [-0.39, 0.29) is 17.0 Å². The molecule has 0 saturated carbocycles. The minimum atomic E-state index is -2.94. The number of hydrogen-bond donors (Lipinski definition) is 1. The zero-order valence-corrected chi connectivity index (χ0v) is 7.65. The Balaban J connectivity index is 3.50. The first-order valence-corrected chi connectivity index (χ1v) is 4.19. The van der Waals surface area contributed by atoms with Gasteiger partial charge in [-0.2, -0.15) is 0 Å². The second-order valence-corrected chi connectivity index (χ2v) is 2.78. The van der Waals surface area contributed by atoms with Crippen LogP contribution in [-0.2, 0) is 5.88 Å². The van der Waals surface area contributed by atoms with Gasteiger partial charge in [-0.1, -0.05) is 0 Å². The van der Waals surface area contributed by atoms with Crippen LogP contribution in [0.15, 0.2) is 11.0 Å². The molecule has 6 heteroatoms. The van der Waals surface area contributed by atoms with E-state index < -0.39 is 17.5 Å². The van der Waals surface area contributed by atoms with Crippen molar-refractivity contribution in [2.75, 3.05) is 0 Å². The third-order valence-electron chi connectivity index (χ3n) is 1.76. The fraction of sp³-hybridized carbons (Fsp3) is 0.250. The van der Waals surface area contributed by atoms with Crippen LogP contribution in [0.3, 0.4) is 0 Å². The first-order chi connectivity index (χ1) is 6.61. The molecule has 1 aromatic heterocycles. The van der Waals surface area contributed by atoms with E-state index in [0.717, 1.165) is 6.20 Å². The highest BCUT2D eigenvalue weighted by molar-refractivity contribution is 6.17. The van der Waals surface area contributed by atoms with Crippen LogP contribution < -0.4 is 5.56 Å². The van der Waals surface area contributed by atoms with Gasteiger partial charge >= 0.3 is 0 Å². The third kappa shape index (κ3) is 1.82. The molecule has 1 aromatic rings. The Morgan fingerprint density at radius 2 is 2.21 bits per heavy atom. The molecule has 1 N–H and O–H groups in total. The van der Waals surface area contributed by atoms with Crippen molar-refractivity contribution in [2.24, 2.45) is 0 Å². The maximum absolute atomic E-state index is 12.4. The Morgan fingerprint density at radius 3 is 2.64 bits per heavy atom. The van der Waals surface area contributed by atoms with Crippen molar-refractivity contribution in [1.29, 1.82) is 0 Å². The molecule has 0 radical (unpaired) electrons. The van der Waals surface area contributed by atoms with Gasteiger partial charge in [0, 0.05) is 17.6 Å². The number of alkyl halides is 3. The van der Waals surface area contributed by atoms with Crippen LogP contribution in [0.5, 0.6) is 0 Å². The molecule has 76 valence electrons. The van der Waals surface area contributed by atoms with Crippen molar-refractivity contribution < 1.29 is 13.6 Å². The molecule has 0 saturated heterocycles. The summed E-state index contributed by atoms with van der Waals surface area (Å²) in [5.74, 6) is -0.294. The highest BCUT2D eigenvalue weighted by Crippen LogP contribution is 2.22. The lowest BCUT2D eigenvalue weighted by Gasteiger charge is -2.06. The van der Waals surface area contributed by atoms with Crippen molar-refractivity contribution in [2.45, 2.75) is 12.3 Å². The zero-order valence-electron chi connectivity index (χ0n) is 6.89. The van der Waals surface area contributed by atoms with Crippen molar-refractivity contribution in [1.82, 2.24) is 4.98 Å². The number of carbonyl (C=O) groups is 1. The number of aldehydes is 1. The van der Waals surface area contributed by atoms with Gasteiger partial charge in [-0.25, -0.2) is 8.78 Å². The van der Waals surface area contributed by atoms with Crippen LogP contribution >= 0.6 is 11.6 Å². The molecule has 0 unspecified atom stereocenters. The molecule has 0 fully saturated rings. The molecule has 3 nitrogen and oxygen atoms in total. The standard InChI is InChI=1S/C8H6ClF2NO2/c9-1-5-4(3-13)2-12-8(14)6(5)7(10)11/h2-3,7H,1H2,(H,12,14). The smallest absolute Gasteiger partial charge is 0.269 e. The lowest BCUT2D eigenvalue weighted by molar-refractivity contribution is 0.112. The third-order valence-corrected chi connectivity index (χ3v) is 2.02. The number of aromatic nitrogens is 1. The van der Waals surface area contributed by atoms with Crippen molar-refractivity contribution in [3.05, 3.63) is 33.2 Å². The number of pyridine rings is 1. The van der Waals surface area contributed by atoms with E-state index in [1.54, 1.807) is 0 Å². The van der Waals surface area contributed by atoms with E-state index in [1.807, 2.05) is 0 Å². The molecule has 0 spiro atoms. The van der Waals surface area contributed by atoms with E-state index in [1.165, 1.54) is 0 Å². The van der Waals surface area contributed by atoms with Gasteiger partial charge in [0.15, 0.2) is 6.29 Å². The maximum atomic E-state index is 12.4. The normalized spacial score (nSPS) is 10.6. The predicted molar refractivity (Wildman–Crippen MR) is 47.0 cm³/mol. The monoisotopic (exact) mass is 221 g/mol. The molecular formula is C8H6ClF2NO2. The Bertz CT molecular complexity index is 403. The van der Waals surface area contributed by atoms with Crippen molar-refractivity contribution in [3.63, 3.8) is 0 Å². The summed E-state index contributed by atoms with van der Waals surface area (Å²) in [6.45, 7) is 0. The van der Waals surface area contributed by atoms with Gasteiger partial charge in [-0.15, -0.1) is 11.6 Å². The summed E-state index contributed by atoms with van der Waals surface area (Å²) in [7, 11) is 0. The van der Waals surface area contributed by atoms with E-state index in [2.05, 4.69) is 4.98 Å². The number of halogens is 3. The average Bonchev–Trinajstić information content (AvgIpc) is 2.16. The molecule has 1 heterocycles. The summed E-state index contributed by atoms with van der Waals surface area (Å²) in [5, 5.41) is 0. The van der Waals surface area contributed by atoms with Crippen molar-refractivity contribution >= 4 is 17.9 Å². The van der Waals surface area contributed by atoms with Gasteiger partial charge in [0.05, 0.1) is 5.56 Å². The topological polar surface area (TPSA) is 49.9 Å². The largest absolute Gasteiger partial charge is 0.328 e. The number of H-pyrrole nitrogens is 1. The Morgan fingerprint density at radius 1 is 1.57 bits per heavy atom. The van der Waals surface area contributed by atoms with E-state index in [4.69, 9.17) is 11.6 Å². The van der Waals surface area contributed by atoms with Crippen LogP contribution in [0.1, 0.15) is 27.9 Å². The highest BCUT2D eigenvalue weighted by atomic mass is 35.5. The fourth-order valence-electron chi connectivity index (χ4n) is 1.09. The summed E-state index contributed by atoms with van der Waals surface area (Å²) in [6.07, 6.45) is -1.49. The molecule has 1 rings (SSSR count). The molecule has 14 heavy (non-hydrogen) atoms. The molecule has 0 bridgehead atoms. The molecule has 0 aliphatic carbocycles. The van der Waals surface area contributed by atoms with Crippen molar-refractivity contribution in [3.8, 4) is 0 Å². The molecule has 0 aliphatic rings. The summed E-state index contributed by atoms with van der Waals surface area (Å²) >= 11 is 5.39. The first-order valence-electron chi connectivity index (χ1n) is 3.65. The van der Waals surface area contributed by atoms with Crippen LogP contribution in [0.25, 0.3) is 0 Å². The number of aromatic amines is 1. The lowest BCUT2D eigenvalue weighted by Crippen LogP contribution is -2.17. The van der Waals surface area contributed by atoms with Crippen LogP contribution in [0.2, 0.25) is 0 Å². The second-order valence-electron chi connectivity index (χ2n) is 2.52. The number of hydrogen-bond acceptors (Lipinski definition) is 2. The second kappa shape index (κ2) is 4.32. The van der Waals surface area contributed by atoms with Gasteiger partial charge in [-0.3, -0.25) is 9.59 Å². The van der Waals surface area contributed by atoms with Crippen LogP contribution in [0.4, 0.5) is 8.78 Å². The minimum Gasteiger partial charge on any atom is -0.328 e. The maximum Gasteiger partial charge on any atom is 0.269 e. The molecule has 0 amide bonds. The fourth-order valence-corrected chi connectivity index (χ4v) is 1.38. The van der Waals surface area contributed by atoms with Crippen LogP contribution in [0, 0.1) is 0 Å². The summed E-state index contributed by atoms with van der Waals surface area (Å²) in [5.41, 5.74) is -1.78. The van der Waals surface area contributed by atoms with Gasteiger partial charge < -0.3 is 4.98 Å². The van der Waals surface area contributed by atoms with Gasteiger partial charge in [-0.05, 0) is 5.56 Å². The van der Waals surface area contributed by atoms with Gasteiger partial charge in [0.2, 0.25) is 0 Å². The molecule has 0 atom stereocenters.